The maximum Gasteiger partial charge on any atom is 0.331 e. The minimum absolute atomic E-state index is 0.315. The van der Waals surface area contributed by atoms with E-state index in [4.69, 9.17) is 4.52 Å². The molecular weight excluding hydrogens is 280 g/mol. The fraction of sp³-hybridized carbons (Fsp3) is 0.308. The summed E-state index contributed by atoms with van der Waals surface area (Å²) in [6, 6.07) is 2.34. The number of hydrogen-bond donors (Lipinski definition) is 2. The highest BCUT2D eigenvalue weighted by Crippen LogP contribution is 2.21. The van der Waals surface area contributed by atoms with Crippen molar-refractivity contribution in [2.45, 2.75) is 26.3 Å². The van der Waals surface area contributed by atoms with Crippen LogP contribution in [0.5, 0.6) is 0 Å². The number of thiophene rings is 1. The monoisotopic (exact) mass is 294 g/mol. The Kier molecular flexibility index (Phi) is 4.19. The molecule has 0 fully saturated rings. The molecule has 0 bridgehead atoms. The second-order valence-electron chi connectivity index (χ2n) is 4.17. The number of nitrogens with zero attached hydrogens (tertiary/aromatic N) is 1. The first-order chi connectivity index (χ1) is 9.54. The summed E-state index contributed by atoms with van der Waals surface area (Å²) in [5, 5.41) is 17.3. The van der Waals surface area contributed by atoms with E-state index in [1.165, 1.54) is 11.3 Å². The summed E-state index contributed by atoms with van der Waals surface area (Å²) in [5.74, 6) is -1.20. The number of nitrogens with one attached hydrogen (secondary N) is 1. The molecule has 2 rings (SSSR count). The number of hydrogen-bond acceptors (Lipinski definition) is 5. The molecule has 2 aromatic heterocycles. The molecule has 7 heteroatoms. The summed E-state index contributed by atoms with van der Waals surface area (Å²) >= 11 is 1.28. The zero-order valence-corrected chi connectivity index (χ0v) is 11.9. The molecule has 1 amide bonds. The first-order valence-electron chi connectivity index (χ1n) is 6.06. The second-order valence-corrected chi connectivity index (χ2v) is 5.15. The smallest absolute Gasteiger partial charge is 0.331 e. The number of amides is 1. The van der Waals surface area contributed by atoms with Crippen molar-refractivity contribution in [2.24, 2.45) is 0 Å². The van der Waals surface area contributed by atoms with Crippen LogP contribution < -0.4 is 5.32 Å². The van der Waals surface area contributed by atoms with Gasteiger partial charge in [0.15, 0.2) is 6.04 Å². The Bertz CT molecular complexity index is 618. The maximum absolute atomic E-state index is 12.2. The first kappa shape index (κ1) is 14.3. The maximum atomic E-state index is 12.2. The Morgan fingerprint density at radius 3 is 2.85 bits per heavy atom. The Hall–Kier alpha value is -2.15. The minimum Gasteiger partial charge on any atom is -0.479 e. The van der Waals surface area contributed by atoms with Crippen LogP contribution in [0.1, 0.15) is 39.7 Å². The van der Waals surface area contributed by atoms with E-state index < -0.39 is 17.9 Å². The number of carboxylic acid groups (broad SMARTS) is 1. The third-order valence-corrected chi connectivity index (χ3v) is 3.78. The van der Waals surface area contributed by atoms with Crippen LogP contribution in [0.4, 0.5) is 0 Å². The fourth-order valence-electron chi connectivity index (χ4n) is 1.86. The second kappa shape index (κ2) is 5.87. The van der Waals surface area contributed by atoms with Crippen molar-refractivity contribution in [3.8, 4) is 0 Å². The molecule has 1 atom stereocenters. The molecule has 0 aliphatic heterocycles. The highest BCUT2D eigenvalue weighted by molar-refractivity contribution is 7.10. The van der Waals surface area contributed by atoms with E-state index in [0.717, 1.165) is 0 Å². The van der Waals surface area contributed by atoms with Gasteiger partial charge in [0, 0.05) is 4.88 Å². The number of carboxylic acids is 1. The summed E-state index contributed by atoms with van der Waals surface area (Å²) in [4.78, 5) is 24.1. The van der Waals surface area contributed by atoms with Crippen LogP contribution >= 0.6 is 11.3 Å². The van der Waals surface area contributed by atoms with Crippen LogP contribution in [0.25, 0.3) is 0 Å². The molecule has 2 N–H and O–H groups in total. The lowest BCUT2D eigenvalue weighted by Crippen LogP contribution is -2.33. The molecule has 2 heterocycles. The van der Waals surface area contributed by atoms with Crippen LogP contribution in [0.2, 0.25) is 0 Å². The van der Waals surface area contributed by atoms with Gasteiger partial charge in [0.2, 0.25) is 0 Å². The molecule has 0 spiro atoms. The molecule has 0 saturated carbocycles. The fourth-order valence-corrected chi connectivity index (χ4v) is 2.63. The lowest BCUT2D eigenvalue weighted by molar-refractivity contribution is -0.139. The Morgan fingerprint density at radius 1 is 1.55 bits per heavy atom. The number of aryl methyl sites for hydroxylation is 2. The van der Waals surface area contributed by atoms with E-state index in [1.54, 1.807) is 24.4 Å². The molecule has 0 aliphatic carbocycles. The SMILES string of the molecule is CCc1noc(C)c1C(=O)NC(C(=O)O)c1cccs1. The average Bonchev–Trinajstić information content (AvgIpc) is 3.04. The van der Waals surface area contributed by atoms with Gasteiger partial charge in [-0.25, -0.2) is 4.79 Å². The summed E-state index contributed by atoms with van der Waals surface area (Å²) < 4.78 is 4.98. The van der Waals surface area contributed by atoms with Gasteiger partial charge in [-0.05, 0) is 24.8 Å². The predicted octanol–water partition coefficient (Wildman–Crippen LogP) is 2.16. The molecule has 106 valence electrons. The highest BCUT2D eigenvalue weighted by atomic mass is 32.1. The quantitative estimate of drug-likeness (QED) is 0.881. The van der Waals surface area contributed by atoms with Gasteiger partial charge in [0.25, 0.3) is 5.91 Å². The van der Waals surface area contributed by atoms with Crippen LogP contribution in [-0.4, -0.2) is 22.1 Å². The topological polar surface area (TPSA) is 92.4 Å². The van der Waals surface area contributed by atoms with Gasteiger partial charge in [-0.1, -0.05) is 18.1 Å². The van der Waals surface area contributed by atoms with Gasteiger partial charge >= 0.3 is 5.97 Å². The van der Waals surface area contributed by atoms with Crippen molar-refractivity contribution in [2.75, 3.05) is 0 Å². The number of carbonyl (C=O) groups excluding carboxylic acids is 1. The van der Waals surface area contributed by atoms with Crippen molar-refractivity contribution in [1.82, 2.24) is 10.5 Å². The molecule has 2 aromatic rings. The third-order valence-electron chi connectivity index (χ3n) is 2.85. The molecule has 0 saturated heterocycles. The van der Waals surface area contributed by atoms with E-state index in [2.05, 4.69) is 10.5 Å². The lowest BCUT2D eigenvalue weighted by Gasteiger charge is -2.12. The number of aromatic nitrogens is 1. The Labute approximate surface area is 119 Å². The van der Waals surface area contributed by atoms with E-state index in [1.807, 2.05) is 6.92 Å². The summed E-state index contributed by atoms with van der Waals surface area (Å²) in [6.07, 6.45) is 0.539. The van der Waals surface area contributed by atoms with Gasteiger partial charge < -0.3 is 14.9 Å². The largest absolute Gasteiger partial charge is 0.479 e. The first-order valence-corrected chi connectivity index (χ1v) is 6.94. The summed E-state index contributed by atoms with van der Waals surface area (Å²) in [7, 11) is 0. The molecule has 0 radical (unpaired) electrons. The minimum atomic E-state index is -1.10. The van der Waals surface area contributed by atoms with Crippen molar-refractivity contribution < 1.29 is 19.2 Å². The zero-order chi connectivity index (χ0) is 14.7. The number of carbonyl (C=O) groups is 2. The predicted molar refractivity (Wildman–Crippen MR) is 72.8 cm³/mol. The molecular formula is C13H14N2O4S. The van der Waals surface area contributed by atoms with E-state index in [9.17, 15) is 14.7 Å². The third kappa shape index (κ3) is 2.72. The summed E-state index contributed by atoms with van der Waals surface area (Å²) in [6.45, 7) is 3.48. The van der Waals surface area contributed by atoms with Crippen LogP contribution in [0.3, 0.4) is 0 Å². The number of aliphatic carboxylic acids is 1. The van der Waals surface area contributed by atoms with Crippen molar-refractivity contribution in [1.29, 1.82) is 0 Å². The highest BCUT2D eigenvalue weighted by Gasteiger charge is 2.27. The van der Waals surface area contributed by atoms with Crippen molar-refractivity contribution in [3.63, 3.8) is 0 Å². The van der Waals surface area contributed by atoms with Crippen molar-refractivity contribution in [3.05, 3.63) is 39.4 Å². The van der Waals surface area contributed by atoms with Crippen LogP contribution in [0.15, 0.2) is 22.0 Å². The molecule has 6 nitrogen and oxygen atoms in total. The van der Waals surface area contributed by atoms with Gasteiger partial charge in [0.05, 0.1) is 5.69 Å². The van der Waals surface area contributed by atoms with Crippen LogP contribution in [0, 0.1) is 6.92 Å². The summed E-state index contributed by atoms with van der Waals surface area (Å²) in [5.41, 5.74) is 0.839. The van der Waals surface area contributed by atoms with Gasteiger partial charge in [-0.3, -0.25) is 4.79 Å². The van der Waals surface area contributed by atoms with Gasteiger partial charge in [-0.15, -0.1) is 11.3 Å². The van der Waals surface area contributed by atoms with E-state index in [0.29, 0.717) is 28.3 Å². The standard InChI is InChI=1S/C13H14N2O4S/c1-3-8-10(7(2)19-15-8)12(16)14-11(13(17)18)9-5-4-6-20-9/h4-6,11H,3H2,1-2H3,(H,14,16)(H,17,18). The van der Waals surface area contributed by atoms with E-state index >= 15 is 0 Å². The van der Waals surface area contributed by atoms with E-state index in [-0.39, 0.29) is 0 Å². The molecule has 20 heavy (non-hydrogen) atoms. The molecule has 0 aliphatic rings. The normalized spacial score (nSPS) is 12.1. The average molecular weight is 294 g/mol. The van der Waals surface area contributed by atoms with Gasteiger partial charge in [0.1, 0.15) is 11.3 Å². The Morgan fingerprint density at radius 2 is 2.30 bits per heavy atom. The van der Waals surface area contributed by atoms with Crippen LogP contribution in [-0.2, 0) is 11.2 Å². The zero-order valence-electron chi connectivity index (χ0n) is 11.0. The number of rotatable bonds is 5. The van der Waals surface area contributed by atoms with Gasteiger partial charge in [-0.2, -0.15) is 0 Å². The van der Waals surface area contributed by atoms with Crippen molar-refractivity contribution >= 4 is 23.2 Å². The molecule has 0 aromatic carbocycles. The lowest BCUT2D eigenvalue weighted by atomic mass is 10.1. The Balaban J connectivity index is 2.25. The molecule has 1 unspecified atom stereocenters.